The molecule has 0 saturated carbocycles. The Balaban J connectivity index is 1.55. The third kappa shape index (κ3) is 2.79. The first-order valence-corrected chi connectivity index (χ1v) is 6.86. The van der Waals surface area contributed by atoms with E-state index in [-0.39, 0.29) is 6.10 Å². The molecule has 1 aliphatic rings. The van der Waals surface area contributed by atoms with Gasteiger partial charge in [-0.25, -0.2) is 0 Å². The van der Waals surface area contributed by atoms with Crippen molar-refractivity contribution in [2.75, 3.05) is 6.54 Å². The van der Waals surface area contributed by atoms with E-state index in [0.29, 0.717) is 6.04 Å². The molecule has 19 heavy (non-hydrogen) atoms. The average molecular weight is 253 g/mol. The summed E-state index contributed by atoms with van der Waals surface area (Å²) in [6.45, 7) is 3.07. The summed E-state index contributed by atoms with van der Waals surface area (Å²) in [6.07, 6.45) is 1.26. The molecular weight excluding hydrogens is 234 g/mol. The minimum atomic E-state index is 0.253. The second-order valence-corrected chi connectivity index (χ2v) is 5.09. The van der Waals surface area contributed by atoms with Crippen LogP contribution in [0.4, 0.5) is 0 Å². The molecule has 0 amide bonds. The van der Waals surface area contributed by atoms with Gasteiger partial charge >= 0.3 is 0 Å². The molecule has 0 radical (unpaired) electrons. The van der Waals surface area contributed by atoms with Gasteiger partial charge in [-0.2, -0.15) is 0 Å². The third-order valence-electron chi connectivity index (χ3n) is 3.67. The molecule has 0 fully saturated rings. The van der Waals surface area contributed by atoms with Gasteiger partial charge < -0.3 is 10.1 Å². The van der Waals surface area contributed by atoms with Crippen molar-refractivity contribution in [3.05, 3.63) is 65.7 Å². The van der Waals surface area contributed by atoms with E-state index in [1.54, 1.807) is 0 Å². The van der Waals surface area contributed by atoms with Gasteiger partial charge in [-0.3, -0.25) is 0 Å². The monoisotopic (exact) mass is 253 g/mol. The molecule has 0 bridgehead atoms. The van der Waals surface area contributed by atoms with Crippen LogP contribution in [0, 0.1) is 0 Å². The molecule has 2 heteroatoms. The van der Waals surface area contributed by atoms with Crippen molar-refractivity contribution < 1.29 is 4.74 Å². The van der Waals surface area contributed by atoms with Crippen molar-refractivity contribution in [3.8, 4) is 5.75 Å². The smallest absolute Gasteiger partial charge is 0.123 e. The quantitative estimate of drug-likeness (QED) is 0.902. The highest BCUT2D eigenvalue weighted by molar-refractivity contribution is 5.37. The first-order chi connectivity index (χ1) is 9.33. The van der Waals surface area contributed by atoms with Crippen LogP contribution in [-0.2, 0) is 6.42 Å². The van der Waals surface area contributed by atoms with Crippen molar-refractivity contribution in [3.63, 3.8) is 0 Å². The Kier molecular flexibility index (Phi) is 3.51. The van der Waals surface area contributed by atoms with Gasteiger partial charge in [-0.05, 0) is 24.1 Å². The number of hydrogen-bond acceptors (Lipinski definition) is 2. The van der Waals surface area contributed by atoms with Gasteiger partial charge in [0.25, 0.3) is 0 Å². The van der Waals surface area contributed by atoms with Crippen molar-refractivity contribution in [1.82, 2.24) is 5.32 Å². The molecule has 2 aromatic carbocycles. The predicted molar refractivity (Wildman–Crippen MR) is 77.4 cm³/mol. The summed E-state index contributed by atoms with van der Waals surface area (Å²) in [5, 5.41) is 3.55. The number of para-hydroxylation sites is 1. The summed E-state index contributed by atoms with van der Waals surface area (Å²) in [7, 11) is 0. The molecule has 2 atom stereocenters. The van der Waals surface area contributed by atoms with Crippen LogP contribution in [0.1, 0.15) is 24.1 Å². The molecule has 3 rings (SSSR count). The standard InChI is InChI=1S/C17H19NO/c1-13(14-7-3-2-4-8-14)18-12-16-11-15-9-5-6-10-17(15)19-16/h2-10,13,16,18H,11-12H2,1H3/t13-,16?/m0/s1. The predicted octanol–water partition coefficient (Wildman–Crippen LogP) is 3.34. The van der Waals surface area contributed by atoms with Gasteiger partial charge in [0.1, 0.15) is 11.9 Å². The number of hydrogen-bond donors (Lipinski definition) is 1. The van der Waals surface area contributed by atoms with Crippen LogP contribution in [-0.4, -0.2) is 12.6 Å². The Morgan fingerprint density at radius 2 is 1.84 bits per heavy atom. The largest absolute Gasteiger partial charge is 0.488 e. The van der Waals surface area contributed by atoms with Gasteiger partial charge in [0, 0.05) is 19.0 Å². The second kappa shape index (κ2) is 5.45. The number of rotatable bonds is 4. The zero-order chi connectivity index (χ0) is 13.1. The van der Waals surface area contributed by atoms with Gasteiger partial charge in [0.15, 0.2) is 0 Å². The van der Waals surface area contributed by atoms with Crippen LogP contribution in [0.15, 0.2) is 54.6 Å². The van der Waals surface area contributed by atoms with E-state index >= 15 is 0 Å². The first-order valence-electron chi connectivity index (χ1n) is 6.86. The zero-order valence-electron chi connectivity index (χ0n) is 11.2. The maximum absolute atomic E-state index is 5.93. The van der Waals surface area contributed by atoms with E-state index < -0.39 is 0 Å². The van der Waals surface area contributed by atoms with Gasteiger partial charge in [-0.15, -0.1) is 0 Å². The zero-order valence-corrected chi connectivity index (χ0v) is 11.2. The molecule has 1 unspecified atom stereocenters. The summed E-state index contributed by atoms with van der Waals surface area (Å²) in [4.78, 5) is 0. The van der Waals surface area contributed by atoms with Crippen molar-refractivity contribution in [1.29, 1.82) is 0 Å². The van der Waals surface area contributed by atoms with Gasteiger partial charge in [-0.1, -0.05) is 48.5 Å². The Bertz CT molecular complexity index is 513. The Morgan fingerprint density at radius 1 is 1.11 bits per heavy atom. The number of nitrogens with one attached hydrogen (secondary N) is 1. The van der Waals surface area contributed by atoms with E-state index in [4.69, 9.17) is 4.74 Å². The van der Waals surface area contributed by atoms with E-state index in [9.17, 15) is 0 Å². The lowest BCUT2D eigenvalue weighted by molar-refractivity contribution is 0.222. The summed E-state index contributed by atoms with van der Waals surface area (Å²) >= 11 is 0. The van der Waals surface area contributed by atoms with Crippen molar-refractivity contribution in [2.45, 2.75) is 25.5 Å². The summed E-state index contributed by atoms with van der Waals surface area (Å²) in [5.74, 6) is 1.04. The van der Waals surface area contributed by atoms with Crippen LogP contribution in [0.5, 0.6) is 5.75 Å². The highest BCUT2D eigenvalue weighted by Gasteiger charge is 2.22. The van der Waals surface area contributed by atoms with Gasteiger partial charge in [0.2, 0.25) is 0 Å². The molecule has 0 spiro atoms. The highest BCUT2D eigenvalue weighted by atomic mass is 16.5. The fourth-order valence-electron chi connectivity index (χ4n) is 2.54. The van der Waals surface area contributed by atoms with Crippen molar-refractivity contribution >= 4 is 0 Å². The minimum Gasteiger partial charge on any atom is -0.488 e. The fourth-order valence-corrected chi connectivity index (χ4v) is 2.54. The Morgan fingerprint density at radius 3 is 2.63 bits per heavy atom. The highest BCUT2D eigenvalue weighted by Crippen LogP contribution is 2.28. The van der Waals surface area contributed by atoms with E-state index in [0.717, 1.165) is 18.7 Å². The molecule has 0 aliphatic carbocycles. The Hall–Kier alpha value is -1.80. The lowest BCUT2D eigenvalue weighted by Crippen LogP contribution is -2.31. The first kappa shape index (κ1) is 12.2. The number of ether oxygens (including phenoxy) is 1. The number of benzene rings is 2. The normalized spacial score (nSPS) is 18.7. The summed E-state index contributed by atoms with van der Waals surface area (Å²) in [5.41, 5.74) is 2.64. The van der Waals surface area contributed by atoms with Crippen LogP contribution >= 0.6 is 0 Å². The van der Waals surface area contributed by atoms with Gasteiger partial charge in [0.05, 0.1) is 0 Å². The maximum Gasteiger partial charge on any atom is 0.123 e. The summed E-state index contributed by atoms with van der Waals surface area (Å²) < 4.78 is 5.93. The lowest BCUT2D eigenvalue weighted by atomic mass is 10.1. The maximum atomic E-state index is 5.93. The molecule has 1 N–H and O–H groups in total. The van der Waals surface area contributed by atoms with Crippen LogP contribution < -0.4 is 10.1 Å². The van der Waals surface area contributed by atoms with Crippen molar-refractivity contribution in [2.24, 2.45) is 0 Å². The SMILES string of the molecule is C[C@H](NCC1Cc2ccccc2O1)c1ccccc1. The van der Waals surface area contributed by atoms with Crippen LogP contribution in [0.3, 0.4) is 0 Å². The molecule has 0 aromatic heterocycles. The molecule has 98 valence electrons. The number of fused-ring (bicyclic) bond motifs is 1. The van der Waals surface area contributed by atoms with E-state index in [1.807, 2.05) is 12.1 Å². The van der Waals surface area contributed by atoms with E-state index in [1.165, 1.54) is 11.1 Å². The molecule has 2 aromatic rings. The summed E-state index contributed by atoms with van der Waals surface area (Å²) in [6, 6.07) is 19.2. The minimum absolute atomic E-state index is 0.253. The molecule has 1 heterocycles. The lowest BCUT2D eigenvalue weighted by Gasteiger charge is -2.17. The molecule has 0 saturated heterocycles. The fraction of sp³-hybridized carbons (Fsp3) is 0.294. The molecule has 2 nitrogen and oxygen atoms in total. The average Bonchev–Trinajstić information content (AvgIpc) is 2.88. The molecular formula is C17H19NO. The third-order valence-corrected chi connectivity index (χ3v) is 3.67. The van der Waals surface area contributed by atoms with Crippen LogP contribution in [0.2, 0.25) is 0 Å². The molecule has 1 aliphatic heterocycles. The topological polar surface area (TPSA) is 21.3 Å². The second-order valence-electron chi connectivity index (χ2n) is 5.09. The van der Waals surface area contributed by atoms with Crippen LogP contribution in [0.25, 0.3) is 0 Å². The van der Waals surface area contributed by atoms with E-state index in [2.05, 4.69) is 54.7 Å². The Labute approximate surface area is 114 Å².